The van der Waals surface area contributed by atoms with Gasteiger partial charge in [0.25, 0.3) is 5.56 Å². The van der Waals surface area contributed by atoms with Gasteiger partial charge in [0.15, 0.2) is 5.16 Å². The zero-order valence-electron chi connectivity index (χ0n) is 12.6. The number of H-pyrrole nitrogens is 1. The van der Waals surface area contributed by atoms with Gasteiger partial charge in [0.1, 0.15) is 0 Å². The minimum atomic E-state index is -0.189. The van der Waals surface area contributed by atoms with Gasteiger partial charge in [0.2, 0.25) is 5.91 Å². The second-order valence-corrected chi connectivity index (χ2v) is 6.15. The second kappa shape index (κ2) is 7.79. The highest BCUT2D eigenvalue weighted by Gasteiger charge is 2.08. The molecule has 2 rings (SSSR count). The summed E-state index contributed by atoms with van der Waals surface area (Å²) in [6.07, 6.45) is 0. The van der Waals surface area contributed by atoms with Gasteiger partial charge in [-0.3, -0.25) is 9.59 Å². The Labute approximate surface area is 133 Å². The number of hydrogen-bond acceptors (Lipinski definition) is 4. The summed E-state index contributed by atoms with van der Waals surface area (Å²) in [5.41, 5.74) is 1.59. The van der Waals surface area contributed by atoms with E-state index >= 15 is 0 Å². The number of amides is 1. The van der Waals surface area contributed by atoms with Gasteiger partial charge in [-0.25, -0.2) is 4.98 Å². The van der Waals surface area contributed by atoms with E-state index in [1.807, 2.05) is 44.2 Å². The molecule has 116 valence electrons. The molecule has 0 saturated heterocycles. The Morgan fingerprint density at radius 3 is 2.73 bits per heavy atom. The normalized spacial score (nSPS) is 10.7. The van der Waals surface area contributed by atoms with Crippen molar-refractivity contribution in [3.8, 4) is 0 Å². The third-order valence-corrected chi connectivity index (χ3v) is 3.88. The summed E-state index contributed by atoms with van der Waals surface area (Å²) in [7, 11) is 0. The van der Waals surface area contributed by atoms with Crippen molar-refractivity contribution in [3.63, 3.8) is 0 Å². The molecular formula is C16H19N3O2S. The van der Waals surface area contributed by atoms with E-state index in [9.17, 15) is 9.59 Å². The SMILES string of the molecule is CC(C)c1cc(=O)[nH]c(SCC(=O)NCc2ccccc2)n1. The molecule has 5 nitrogen and oxygen atoms in total. The van der Waals surface area contributed by atoms with Crippen molar-refractivity contribution in [1.82, 2.24) is 15.3 Å². The predicted octanol–water partition coefficient (Wildman–Crippen LogP) is 2.30. The quantitative estimate of drug-likeness (QED) is 0.633. The van der Waals surface area contributed by atoms with Gasteiger partial charge in [-0.15, -0.1) is 0 Å². The van der Waals surface area contributed by atoms with E-state index in [2.05, 4.69) is 15.3 Å². The van der Waals surface area contributed by atoms with E-state index < -0.39 is 0 Å². The predicted molar refractivity (Wildman–Crippen MR) is 88.0 cm³/mol. The first kappa shape index (κ1) is 16.3. The fourth-order valence-electron chi connectivity index (χ4n) is 1.80. The minimum absolute atomic E-state index is 0.0912. The summed E-state index contributed by atoms with van der Waals surface area (Å²) in [4.78, 5) is 30.4. The molecule has 6 heteroatoms. The topological polar surface area (TPSA) is 74.8 Å². The zero-order valence-corrected chi connectivity index (χ0v) is 13.4. The van der Waals surface area contributed by atoms with Crippen LogP contribution in [0, 0.1) is 0 Å². The lowest BCUT2D eigenvalue weighted by Gasteiger charge is -2.07. The Bertz CT molecular complexity index is 683. The van der Waals surface area contributed by atoms with E-state index in [-0.39, 0.29) is 23.1 Å². The average Bonchev–Trinajstić information content (AvgIpc) is 2.51. The van der Waals surface area contributed by atoms with Crippen LogP contribution >= 0.6 is 11.8 Å². The summed E-state index contributed by atoms with van der Waals surface area (Å²) in [5.74, 6) is 0.303. The highest BCUT2D eigenvalue weighted by atomic mass is 32.2. The van der Waals surface area contributed by atoms with Crippen molar-refractivity contribution in [1.29, 1.82) is 0 Å². The number of nitrogens with zero attached hydrogens (tertiary/aromatic N) is 1. The van der Waals surface area contributed by atoms with E-state index in [0.29, 0.717) is 11.7 Å². The van der Waals surface area contributed by atoms with E-state index in [1.165, 1.54) is 17.8 Å². The van der Waals surface area contributed by atoms with Crippen molar-refractivity contribution < 1.29 is 4.79 Å². The summed E-state index contributed by atoms with van der Waals surface area (Å²) in [6, 6.07) is 11.2. The Hall–Kier alpha value is -2.08. The van der Waals surface area contributed by atoms with Gasteiger partial charge in [-0.1, -0.05) is 55.9 Å². The molecule has 1 aromatic heterocycles. The number of rotatable bonds is 6. The van der Waals surface area contributed by atoms with Gasteiger partial charge in [-0.2, -0.15) is 0 Å². The molecule has 1 amide bonds. The summed E-state index contributed by atoms with van der Waals surface area (Å²) < 4.78 is 0. The monoisotopic (exact) mass is 317 g/mol. The third-order valence-electron chi connectivity index (χ3n) is 3.00. The number of nitrogens with one attached hydrogen (secondary N) is 2. The highest BCUT2D eigenvalue weighted by molar-refractivity contribution is 7.99. The number of hydrogen-bond donors (Lipinski definition) is 2. The van der Waals surface area contributed by atoms with Gasteiger partial charge in [0.05, 0.1) is 11.4 Å². The maximum absolute atomic E-state index is 11.8. The van der Waals surface area contributed by atoms with Crippen LogP contribution in [0.2, 0.25) is 0 Å². The van der Waals surface area contributed by atoms with Crippen LogP contribution in [0.5, 0.6) is 0 Å². The Morgan fingerprint density at radius 2 is 2.05 bits per heavy atom. The zero-order chi connectivity index (χ0) is 15.9. The van der Waals surface area contributed by atoms with Crippen LogP contribution in [0.25, 0.3) is 0 Å². The molecule has 1 aromatic carbocycles. The van der Waals surface area contributed by atoms with Crippen LogP contribution in [0.3, 0.4) is 0 Å². The summed E-state index contributed by atoms with van der Waals surface area (Å²) >= 11 is 1.23. The van der Waals surface area contributed by atoms with Gasteiger partial charge in [0, 0.05) is 12.6 Å². The number of benzene rings is 1. The fraction of sp³-hybridized carbons (Fsp3) is 0.312. The maximum atomic E-state index is 11.8. The van der Waals surface area contributed by atoms with E-state index in [4.69, 9.17) is 0 Å². The van der Waals surface area contributed by atoms with Crippen LogP contribution in [-0.4, -0.2) is 21.6 Å². The smallest absolute Gasteiger partial charge is 0.251 e. The fourth-order valence-corrected chi connectivity index (χ4v) is 2.51. The molecule has 0 aliphatic heterocycles. The number of carbonyl (C=O) groups is 1. The van der Waals surface area contributed by atoms with Crippen molar-refractivity contribution >= 4 is 17.7 Å². The summed E-state index contributed by atoms with van der Waals surface area (Å²) in [5, 5.41) is 3.32. The molecule has 0 atom stereocenters. The van der Waals surface area contributed by atoms with Crippen LogP contribution in [0.15, 0.2) is 46.3 Å². The molecule has 0 radical (unpaired) electrons. The lowest BCUT2D eigenvalue weighted by atomic mass is 10.1. The minimum Gasteiger partial charge on any atom is -0.351 e. The molecular weight excluding hydrogens is 298 g/mol. The Morgan fingerprint density at radius 1 is 1.32 bits per heavy atom. The Kier molecular flexibility index (Phi) is 5.77. The highest BCUT2D eigenvalue weighted by Crippen LogP contribution is 2.15. The molecule has 22 heavy (non-hydrogen) atoms. The maximum Gasteiger partial charge on any atom is 0.251 e. The van der Waals surface area contributed by atoms with Crippen LogP contribution < -0.4 is 10.9 Å². The van der Waals surface area contributed by atoms with Crippen molar-refractivity contribution in [2.45, 2.75) is 31.5 Å². The van der Waals surface area contributed by atoms with E-state index in [1.54, 1.807) is 0 Å². The van der Waals surface area contributed by atoms with Gasteiger partial charge in [-0.05, 0) is 11.5 Å². The molecule has 0 aliphatic carbocycles. The Balaban J connectivity index is 1.87. The van der Waals surface area contributed by atoms with Gasteiger partial charge < -0.3 is 10.3 Å². The number of aromatic amines is 1. The molecule has 0 bridgehead atoms. The molecule has 1 heterocycles. The molecule has 0 saturated carbocycles. The average molecular weight is 317 g/mol. The standard InChI is InChI=1S/C16H19N3O2S/c1-11(2)13-8-14(20)19-16(18-13)22-10-15(21)17-9-12-6-4-3-5-7-12/h3-8,11H,9-10H2,1-2H3,(H,17,21)(H,18,19,20). The van der Waals surface area contributed by atoms with Crippen LogP contribution in [0.1, 0.15) is 31.0 Å². The third kappa shape index (κ3) is 5.04. The summed E-state index contributed by atoms with van der Waals surface area (Å²) in [6.45, 7) is 4.45. The molecule has 2 aromatic rings. The first-order valence-corrected chi connectivity index (χ1v) is 8.08. The molecule has 0 unspecified atom stereocenters. The van der Waals surface area contributed by atoms with Crippen molar-refractivity contribution in [2.24, 2.45) is 0 Å². The second-order valence-electron chi connectivity index (χ2n) is 5.18. The van der Waals surface area contributed by atoms with Crippen LogP contribution in [-0.2, 0) is 11.3 Å². The largest absolute Gasteiger partial charge is 0.351 e. The van der Waals surface area contributed by atoms with Crippen molar-refractivity contribution in [2.75, 3.05) is 5.75 Å². The molecule has 0 aliphatic rings. The van der Waals surface area contributed by atoms with Gasteiger partial charge >= 0.3 is 0 Å². The molecule has 2 N–H and O–H groups in total. The molecule has 0 fully saturated rings. The lowest BCUT2D eigenvalue weighted by molar-refractivity contribution is -0.118. The first-order chi connectivity index (χ1) is 10.5. The number of carbonyl (C=O) groups excluding carboxylic acids is 1. The number of aromatic nitrogens is 2. The first-order valence-electron chi connectivity index (χ1n) is 7.09. The number of thioether (sulfide) groups is 1. The van der Waals surface area contributed by atoms with Crippen molar-refractivity contribution in [3.05, 3.63) is 58.0 Å². The van der Waals surface area contributed by atoms with Crippen LogP contribution in [0.4, 0.5) is 0 Å². The lowest BCUT2D eigenvalue weighted by Crippen LogP contribution is -2.24. The van der Waals surface area contributed by atoms with E-state index in [0.717, 1.165) is 11.3 Å². The molecule has 0 spiro atoms.